The van der Waals surface area contributed by atoms with Crippen molar-refractivity contribution in [2.75, 3.05) is 18.0 Å². The average Bonchev–Trinajstić information content (AvgIpc) is 2.61. The van der Waals surface area contributed by atoms with Crippen LogP contribution in [-0.2, 0) is 6.54 Å². The quantitative estimate of drug-likeness (QED) is 0.939. The number of rotatable bonds is 4. The lowest BCUT2D eigenvalue weighted by atomic mass is 10.1. The molecule has 0 bridgehead atoms. The summed E-state index contributed by atoms with van der Waals surface area (Å²) in [5.41, 5.74) is 3.56. The summed E-state index contributed by atoms with van der Waals surface area (Å²) in [6, 6.07) is 9.81. The lowest BCUT2D eigenvalue weighted by molar-refractivity contribution is 0.0945. The number of hydrogen-bond donors (Lipinski definition) is 1. The minimum absolute atomic E-state index is 0.151. The van der Waals surface area contributed by atoms with Gasteiger partial charge in [0.2, 0.25) is 5.95 Å². The summed E-state index contributed by atoms with van der Waals surface area (Å²) in [7, 11) is 0. The maximum Gasteiger partial charge on any atom is 0.270 e. The van der Waals surface area contributed by atoms with E-state index in [9.17, 15) is 4.79 Å². The number of carbonyl (C=O) groups is 1. The zero-order valence-electron chi connectivity index (χ0n) is 14.4. The van der Waals surface area contributed by atoms with Gasteiger partial charge >= 0.3 is 0 Å². The fourth-order valence-corrected chi connectivity index (χ4v) is 2.98. The van der Waals surface area contributed by atoms with Crippen LogP contribution in [0.4, 0.5) is 5.95 Å². The average molecular weight is 324 g/mol. The SMILES string of the molecule is Cc1cc(C(=O)NCc2ccccc2C)nc(N2CCCCC2)n1. The number of aromatic nitrogens is 2. The third-order valence-corrected chi connectivity index (χ3v) is 4.41. The Morgan fingerprint density at radius 2 is 1.88 bits per heavy atom. The van der Waals surface area contributed by atoms with Crippen LogP contribution in [0.2, 0.25) is 0 Å². The highest BCUT2D eigenvalue weighted by atomic mass is 16.1. The van der Waals surface area contributed by atoms with E-state index in [0.717, 1.165) is 37.2 Å². The van der Waals surface area contributed by atoms with E-state index < -0.39 is 0 Å². The number of piperidine rings is 1. The summed E-state index contributed by atoms with van der Waals surface area (Å²) in [6.07, 6.45) is 3.57. The van der Waals surface area contributed by atoms with Crippen molar-refractivity contribution < 1.29 is 4.79 Å². The second-order valence-corrected chi connectivity index (χ2v) is 6.35. The van der Waals surface area contributed by atoms with Gasteiger partial charge in [0.15, 0.2) is 0 Å². The van der Waals surface area contributed by atoms with Gasteiger partial charge in [-0.2, -0.15) is 0 Å². The minimum Gasteiger partial charge on any atom is -0.347 e. The number of nitrogens with zero attached hydrogens (tertiary/aromatic N) is 3. The van der Waals surface area contributed by atoms with Gasteiger partial charge in [0.25, 0.3) is 5.91 Å². The normalized spacial score (nSPS) is 14.5. The fraction of sp³-hybridized carbons (Fsp3) is 0.421. The van der Waals surface area contributed by atoms with Crippen LogP contribution in [0, 0.1) is 13.8 Å². The Bertz CT molecular complexity index is 723. The van der Waals surface area contributed by atoms with E-state index in [0.29, 0.717) is 18.2 Å². The summed E-state index contributed by atoms with van der Waals surface area (Å²) in [6.45, 7) is 6.40. The number of nitrogens with one attached hydrogen (secondary N) is 1. The van der Waals surface area contributed by atoms with Crippen molar-refractivity contribution >= 4 is 11.9 Å². The largest absolute Gasteiger partial charge is 0.347 e. The number of amides is 1. The molecule has 1 N–H and O–H groups in total. The molecule has 5 nitrogen and oxygen atoms in total. The summed E-state index contributed by atoms with van der Waals surface area (Å²) in [5.74, 6) is 0.526. The number of aryl methyl sites for hydroxylation is 2. The molecule has 0 radical (unpaired) electrons. The highest BCUT2D eigenvalue weighted by Crippen LogP contribution is 2.17. The molecule has 0 unspecified atom stereocenters. The smallest absolute Gasteiger partial charge is 0.270 e. The highest BCUT2D eigenvalue weighted by Gasteiger charge is 2.17. The van der Waals surface area contributed by atoms with Crippen molar-refractivity contribution in [1.29, 1.82) is 0 Å². The number of hydrogen-bond acceptors (Lipinski definition) is 4. The molecule has 1 aliphatic heterocycles. The van der Waals surface area contributed by atoms with E-state index in [4.69, 9.17) is 0 Å². The van der Waals surface area contributed by atoms with Crippen molar-refractivity contribution in [1.82, 2.24) is 15.3 Å². The van der Waals surface area contributed by atoms with E-state index in [-0.39, 0.29) is 5.91 Å². The topological polar surface area (TPSA) is 58.1 Å². The summed E-state index contributed by atoms with van der Waals surface area (Å²) in [4.78, 5) is 23.7. The Morgan fingerprint density at radius 3 is 2.62 bits per heavy atom. The van der Waals surface area contributed by atoms with Gasteiger partial charge in [0, 0.05) is 25.3 Å². The molecule has 2 heterocycles. The Hall–Kier alpha value is -2.43. The lowest BCUT2D eigenvalue weighted by Crippen LogP contribution is -2.32. The van der Waals surface area contributed by atoms with Crippen molar-refractivity contribution in [2.24, 2.45) is 0 Å². The van der Waals surface area contributed by atoms with Crippen LogP contribution < -0.4 is 10.2 Å². The minimum atomic E-state index is -0.151. The van der Waals surface area contributed by atoms with Crippen LogP contribution in [0.1, 0.15) is 46.6 Å². The van der Waals surface area contributed by atoms with Crippen LogP contribution in [0.3, 0.4) is 0 Å². The number of carbonyl (C=O) groups excluding carboxylic acids is 1. The van der Waals surface area contributed by atoms with E-state index >= 15 is 0 Å². The molecular formula is C19H24N4O. The molecule has 1 aromatic heterocycles. The first-order valence-electron chi connectivity index (χ1n) is 8.57. The van der Waals surface area contributed by atoms with Gasteiger partial charge in [-0.1, -0.05) is 24.3 Å². The second-order valence-electron chi connectivity index (χ2n) is 6.35. The van der Waals surface area contributed by atoms with E-state index in [1.165, 1.54) is 12.0 Å². The summed E-state index contributed by atoms with van der Waals surface area (Å²) >= 11 is 0. The first kappa shape index (κ1) is 16.4. The van der Waals surface area contributed by atoms with Gasteiger partial charge < -0.3 is 10.2 Å². The zero-order valence-corrected chi connectivity index (χ0v) is 14.4. The van der Waals surface area contributed by atoms with Gasteiger partial charge in [-0.15, -0.1) is 0 Å². The van der Waals surface area contributed by atoms with Crippen molar-refractivity contribution in [2.45, 2.75) is 39.7 Å². The molecule has 1 aliphatic rings. The van der Waals surface area contributed by atoms with Crippen molar-refractivity contribution in [3.63, 3.8) is 0 Å². The molecular weight excluding hydrogens is 300 g/mol. The van der Waals surface area contributed by atoms with Crippen LogP contribution in [0.5, 0.6) is 0 Å². The molecule has 3 rings (SSSR count). The molecule has 0 aliphatic carbocycles. The fourth-order valence-electron chi connectivity index (χ4n) is 2.98. The molecule has 1 fully saturated rings. The van der Waals surface area contributed by atoms with Crippen molar-refractivity contribution in [3.8, 4) is 0 Å². The Morgan fingerprint density at radius 1 is 1.12 bits per heavy atom. The van der Waals surface area contributed by atoms with Gasteiger partial charge in [-0.25, -0.2) is 9.97 Å². The zero-order chi connectivity index (χ0) is 16.9. The molecule has 2 aromatic rings. The van der Waals surface area contributed by atoms with E-state index in [2.05, 4.69) is 20.2 Å². The maximum absolute atomic E-state index is 12.5. The van der Waals surface area contributed by atoms with Gasteiger partial charge in [0.05, 0.1) is 0 Å². The first-order chi connectivity index (χ1) is 11.6. The van der Waals surface area contributed by atoms with Gasteiger partial charge in [0.1, 0.15) is 5.69 Å². The molecule has 0 atom stereocenters. The van der Waals surface area contributed by atoms with Gasteiger partial charge in [-0.05, 0) is 50.3 Å². The predicted molar refractivity (Wildman–Crippen MR) is 95.2 cm³/mol. The summed E-state index contributed by atoms with van der Waals surface area (Å²) < 4.78 is 0. The van der Waals surface area contributed by atoms with Crippen LogP contribution in [-0.4, -0.2) is 29.0 Å². The predicted octanol–water partition coefficient (Wildman–Crippen LogP) is 3.01. The van der Waals surface area contributed by atoms with Crippen LogP contribution >= 0.6 is 0 Å². The molecule has 1 amide bonds. The van der Waals surface area contributed by atoms with Crippen LogP contribution in [0.15, 0.2) is 30.3 Å². The van der Waals surface area contributed by atoms with Gasteiger partial charge in [-0.3, -0.25) is 4.79 Å². The molecule has 5 heteroatoms. The molecule has 1 aromatic carbocycles. The molecule has 24 heavy (non-hydrogen) atoms. The molecule has 1 saturated heterocycles. The monoisotopic (exact) mass is 324 g/mol. The number of benzene rings is 1. The lowest BCUT2D eigenvalue weighted by Gasteiger charge is -2.27. The first-order valence-corrected chi connectivity index (χ1v) is 8.57. The molecule has 0 spiro atoms. The Kier molecular flexibility index (Phi) is 5.08. The van der Waals surface area contributed by atoms with E-state index in [1.807, 2.05) is 38.1 Å². The summed E-state index contributed by atoms with van der Waals surface area (Å²) in [5, 5.41) is 2.97. The Labute approximate surface area is 143 Å². The Balaban J connectivity index is 1.72. The third-order valence-electron chi connectivity index (χ3n) is 4.41. The van der Waals surface area contributed by atoms with Crippen molar-refractivity contribution in [3.05, 3.63) is 52.8 Å². The number of anilines is 1. The second kappa shape index (κ2) is 7.43. The third kappa shape index (κ3) is 3.91. The highest BCUT2D eigenvalue weighted by molar-refractivity contribution is 5.92. The van der Waals surface area contributed by atoms with Crippen LogP contribution in [0.25, 0.3) is 0 Å². The van der Waals surface area contributed by atoms with E-state index in [1.54, 1.807) is 6.07 Å². The maximum atomic E-state index is 12.5. The standard InChI is InChI=1S/C19H24N4O/c1-14-8-4-5-9-16(14)13-20-18(24)17-12-15(2)21-19(22-17)23-10-6-3-7-11-23/h4-5,8-9,12H,3,6-7,10-11,13H2,1-2H3,(H,20,24). The molecule has 126 valence electrons. The molecule has 0 saturated carbocycles.